The molecule has 1 amide bonds. The average Bonchev–Trinajstić information content (AvgIpc) is 2.93. The molecule has 1 aliphatic carbocycles. The Morgan fingerprint density at radius 1 is 1.15 bits per heavy atom. The lowest BCUT2D eigenvalue weighted by molar-refractivity contribution is -0.938. The molecule has 4 rings (SSSR count). The number of methoxy groups -OCH3 is 1. The highest BCUT2D eigenvalue weighted by Crippen LogP contribution is 2.55. The van der Waals surface area contributed by atoms with E-state index in [-0.39, 0.29) is 28.7 Å². The van der Waals surface area contributed by atoms with Gasteiger partial charge in [-0.3, -0.25) is 4.79 Å². The maximum absolute atomic E-state index is 13.1. The van der Waals surface area contributed by atoms with Crippen molar-refractivity contribution < 1.29 is 19.1 Å². The van der Waals surface area contributed by atoms with Crippen molar-refractivity contribution in [3.63, 3.8) is 0 Å². The highest BCUT2D eigenvalue weighted by atomic mass is 16.5. The Morgan fingerprint density at radius 3 is 2.65 bits per heavy atom. The Morgan fingerprint density at radius 2 is 1.95 bits per heavy atom. The molecular formula is C35H51N2O3+. The maximum atomic E-state index is 13.1. The topological polar surface area (TPSA) is 58.6 Å². The summed E-state index contributed by atoms with van der Waals surface area (Å²) in [6.07, 6.45) is 10.4. The van der Waals surface area contributed by atoms with Crippen molar-refractivity contribution in [2.75, 3.05) is 33.3 Å². The Kier molecular flexibility index (Phi) is 10.1. The van der Waals surface area contributed by atoms with Crippen LogP contribution in [0.15, 0.2) is 67.3 Å². The molecular weight excluding hydrogens is 496 g/mol. The number of hydrogen-bond acceptors (Lipinski definition) is 3. The number of phenols is 1. The van der Waals surface area contributed by atoms with E-state index in [1.54, 1.807) is 6.07 Å². The van der Waals surface area contributed by atoms with Gasteiger partial charge in [0.25, 0.3) is 0 Å². The fourth-order valence-corrected chi connectivity index (χ4v) is 7.95. The molecule has 1 heterocycles. The van der Waals surface area contributed by atoms with E-state index in [2.05, 4.69) is 68.2 Å². The van der Waals surface area contributed by atoms with E-state index < -0.39 is 0 Å². The van der Waals surface area contributed by atoms with E-state index in [0.29, 0.717) is 12.3 Å². The first-order chi connectivity index (χ1) is 19.3. The van der Waals surface area contributed by atoms with Crippen LogP contribution < -0.4 is 5.32 Å². The number of nitrogens with zero attached hydrogens (tertiary/aromatic N) is 1. The number of piperidine rings is 1. The van der Waals surface area contributed by atoms with Gasteiger partial charge in [-0.15, -0.1) is 0 Å². The summed E-state index contributed by atoms with van der Waals surface area (Å²) in [7, 11) is 1.87. The summed E-state index contributed by atoms with van der Waals surface area (Å²) in [4.78, 5) is 13.1. The van der Waals surface area contributed by atoms with Crippen LogP contribution in [-0.2, 0) is 21.4 Å². The van der Waals surface area contributed by atoms with Gasteiger partial charge in [0.1, 0.15) is 17.9 Å². The number of likely N-dealkylation sites (tertiary alicyclic amines) is 1. The van der Waals surface area contributed by atoms with Crippen molar-refractivity contribution in [3.05, 3.63) is 78.4 Å². The largest absolute Gasteiger partial charge is 0.508 e. The monoisotopic (exact) mass is 547 g/mol. The van der Waals surface area contributed by atoms with Gasteiger partial charge in [0.05, 0.1) is 19.6 Å². The number of hydrogen-bond donors (Lipinski definition) is 2. The molecule has 0 radical (unpaired) electrons. The summed E-state index contributed by atoms with van der Waals surface area (Å²) in [5.41, 5.74) is 1.86. The molecule has 1 saturated carbocycles. The number of amides is 1. The van der Waals surface area contributed by atoms with Crippen LogP contribution in [0, 0.1) is 5.92 Å². The number of unbranched alkanes of at least 4 members (excludes halogenated alkanes) is 2. The molecule has 2 aromatic rings. The molecule has 5 nitrogen and oxygen atoms in total. The van der Waals surface area contributed by atoms with Crippen LogP contribution in [-0.4, -0.2) is 60.4 Å². The minimum Gasteiger partial charge on any atom is -0.508 e. The Hall–Kier alpha value is -2.63. The Bertz CT molecular complexity index is 1120. The van der Waals surface area contributed by atoms with Gasteiger partial charge in [-0.2, -0.15) is 0 Å². The Labute approximate surface area is 242 Å². The normalized spacial score (nSPS) is 28.1. The number of nitrogens with one attached hydrogen (secondary N) is 1. The average molecular weight is 548 g/mol. The highest BCUT2D eigenvalue weighted by Gasteiger charge is 2.63. The number of ether oxygens (including phenoxy) is 1. The fraction of sp³-hybridized carbons (Fsp3) is 0.571. The van der Waals surface area contributed by atoms with E-state index in [9.17, 15) is 9.90 Å². The summed E-state index contributed by atoms with van der Waals surface area (Å²) >= 11 is 0. The first-order valence-electron chi connectivity index (χ1n) is 15.4. The van der Waals surface area contributed by atoms with E-state index in [0.717, 1.165) is 87.6 Å². The molecule has 2 aromatic carbocycles. The van der Waals surface area contributed by atoms with Gasteiger partial charge >= 0.3 is 0 Å². The van der Waals surface area contributed by atoms with Gasteiger partial charge in [0.2, 0.25) is 5.91 Å². The third kappa shape index (κ3) is 6.80. The quantitative estimate of drug-likeness (QED) is 0.170. The lowest BCUT2D eigenvalue weighted by Gasteiger charge is -2.62. The zero-order valence-electron chi connectivity index (χ0n) is 25.0. The second-order valence-corrected chi connectivity index (χ2v) is 12.9. The molecule has 1 aliphatic heterocycles. The SMILES string of the molecule is C=CC[N@@+]1(CC(C)C)CC[C@]2(c3cccc(O)c3)C[C@@H](NC(=O)CCCCCc3ccccc3)CCC2(OC)C1. The summed E-state index contributed by atoms with van der Waals surface area (Å²) in [5, 5.41) is 13.9. The summed E-state index contributed by atoms with van der Waals surface area (Å²) < 4.78 is 7.58. The molecule has 0 spiro atoms. The van der Waals surface area contributed by atoms with E-state index in [1.165, 1.54) is 5.56 Å². The van der Waals surface area contributed by atoms with Crippen LogP contribution in [0.2, 0.25) is 0 Å². The molecule has 4 atom stereocenters. The minimum atomic E-state index is -0.365. The van der Waals surface area contributed by atoms with Crippen molar-refractivity contribution in [3.8, 4) is 5.75 Å². The van der Waals surface area contributed by atoms with Crippen molar-refractivity contribution in [2.45, 2.75) is 88.7 Å². The van der Waals surface area contributed by atoms with Crippen molar-refractivity contribution in [1.29, 1.82) is 0 Å². The number of benzene rings is 2. The molecule has 5 heteroatoms. The smallest absolute Gasteiger partial charge is 0.220 e. The van der Waals surface area contributed by atoms with Crippen LogP contribution in [0.5, 0.6) is 5.75 Å². The molecule has 2 fully saturated rings. The third-order valence-electron chi connectivity index (χ3n) is 9.60. The van der Waals surface area contributed by atoms with Crippen LogP contribution in [0.25, 0.3) is 0 Å². The van der Waals surface area contributed by atoms with Crippen molar-refractivity contribution >= 4 is 5.91 Å². The van der Waals surface area contributed by atoms with Crippen molar-refractivity contribution in [2.24, 2.45) is 5.92 Å². The van der Waals surface area contributed by atoms with Crippen molar-refractivity contribution in [1.82, 2.24) is 5.32 Å². The minimum absolute atomic E-state index is 0.104. The maximum Gasteiger partial charge on any atom is 0.220 e. The first-order valence-corrected chi connectivity index (χ1v) is 15.4. The molecule has 40 heavy (non-hydrogen) atoms. The van der Waals surface area contributed by atoms with Gasteiger partial charge in [-0.1, -0.05) is 69.3 Å². The van der Waals surface area contributed by atoms with Gasteiger partial charge < -0.3 is 19.6 Å². The second-order valence-electron chi connectivity index (χ2n) is 12.9. The van der Waals surface area contributed by atoms with Gasteiger partial charge in [0, 0.05) is 37.3 Å². The lowest BCUT2D eigenvalue weighted by atomic mass is 9.54. The zero-order valence-corrected chi connectivity index (χ0v) is 25.0. The van der Waals surface area contributed by atoms with Gasteiger partial charge in [-0.25, -0.2) is 0 Å². The summed E-state index contributed by atoms with van der Waals surface area (Å²) in [5.74, 6) is 1.02. The number of phenolic OH excluding ortho intramolecular Hbond substituents is 1. The third-order valence-corrected chi connectivity index (χ3v) is 9.60. The highest BCUT2D eigenvalue weighted by molar-refractivity contribution is 5.76. The molecule has 0 aromatic heterocycles. The van der Waals surface area contributed by atoms with Crippen LogP contribution in [0.1, 0.15) is 76.3 Å². The summed E-state index contributed by atoms with van der Waals surface area (Å²) in [6.45, 7) is 12.7. The predicted molar refractivity (Wildman–Crippen MR) is 163 cm³/mol. The number of carbonyl (C=O) groups is 1. The predicted octanol–water partition coefficient (Wildman–Crippen LogP) is 6.55. The standard InChI is InChI=1S/C35H50N2O3/c1-5-22-37(26-28(2)3)23-21-34(30-16-12-17-32(38)24-30)25-31(19-20-35(34,27-37)40-4)36-33(39)18-11-7-10-15-29-13-8-6-9-14-29/h5-6,8-9,12-14,16-17,24,28,31H,1,7,10-11,15,18-23,25-27H2,2-4H3,(H-,36,38,39)/p+1/t31-,34+,35?,37-/m0/s1. The van der Waals surface area contributed by atoms with Crippen LogP contribution in [0.4, 0.5) is 0 Å². The van der Waals surface area contributed by atoms with Gasteiger partial charge in [-0.05, 0) is 67.9 Å². The lowest BCUT2D eigenvalue weighted by Crippen LogP contribution is -2.73. The molecule has 218 valence electrons. The number of quaternary nitrogens is 1. The van der Waals surface area contributed by atoms with E-state index in [1.807, 2.05) is 19.2 Å². The number of carbonyl (C=O) groups excluding carboxylic acids is 1. The van der Waals surface area contributed by atoms with E-state index >= 15 is 0 Å². The fourth-order valence-electron chi connectivity index (χ4n) is 7.95. The molecule has 1 unspecified atom stereocenters. The molecule has 1 saturated heterocycles. The van der Waals surface area contributed by atoms with Gasteiger partial charge in [0.15, 0.2) is 0 Å². The number of fused-ring (bicyclic) bond motifs is 1. The second kappa shape index (κ2) is 13.4. The summed E-state index contributed by atoms with van der Waals surface area (Å²) in [6, 6.07) is 18.5. The Balaban J connectivity index is 1.47. The van der Waals surface area contributed by atoms with Crippen LogP contribution in [0.3, 0.4) is 0 Å². The first kappa shape index (κ1) is 30.3. The van der Waals surface area contributed by atoms with Crippen LogP contribution >= 0.6 is 0 Å². The number of rotatable bonds is 13. The molecule has 2 N–H and O–H groups in total. The molecule has 0 bridgehead atoms. The molecule has 2 aliphatic rings. The number of aryl methyl sites for hydroxylation is 1. The van der Waals surface area contributed by atoms with E-state index in [4.69, 9.17) is 4.74 Å². The zero-order chi connectivity index (χ0) is 28.6. The number of aromatic hydroxyl groups is 1.